The lowest BCUT2D eigenvalue weighted by Crippen LogP contribution is -2.40. The number of ether oxygens (including phenoxy) is 1. The molecule has 4 heteroatoms. The molecule has 1 N–H and O–H groups in total. The van der Waals surface area contributed by atoms with Crippen molar-refractivity contribution in [1.82, 2.24) is 0 Å². The number of anilines is 1. The first kappa shape index (κ1) is 13.5. The van der Waals surface area contributed by atoms with Crippen LogP contribution in [0.4, 0.5) is 5.69 Å². The van der Waals surface area contributed by atoms with Crippen molar-refractivity contribution in [2.24, 2.45) is 0 Å². The molecule has 1 aliphatic rings. The molecule has 0 bridgehead atoms. The lowest BCUT2D eigenvalue weighted by Gasteiger charge is -2.36. The predicted octanol–water partition coefficient (Wildman–Crippen LogP) is 2.93. The van der Waals surface area contributed by atoms with Gasteiger partial charge in [0.2, 0.25) is 0 Å². The highest BCUT2D eigenvalue weighted by molar-refractivity contribution is 5.68. The molecule has 1 unspecified atom stereocenters. The number of fused-ring (bicyclic) bond motifs is 1. The third-order valence-electron chi connectivity index (χ3n) is 3.54. The number of nitrogens with zero attached hydrogens (tertiary/aromatic N) is 1. The molecule has 2 aromatic carbocycles. The molecular weight excluding hydrogens is 266 g/mol. The van der Waals surface area contributed by atoms with Gasteiger partial charge in [-0.2, -0.15) is 0 Å². The number of benzene rings is 2. The van der Waals surface area contributed by atoms with Gasteiger partial charge in [0, 0.05) is 6.54 Å². The topological polar surface area (TPSA) is 49.8 Å². The maximum Gasteiger partial charge on any atom is 0.307 e. The number of carbonyl (C=O) groups is 1. The summed E-state index contributed by atoms with van der Waals surface area (Å²) in [4.78, 5) is 13.1. The van der Waals surface area contributed by atoms with Crippen molar-refractivity contribution in [1.29, 1.82) is 0 Å². The maximum atomic E-state index is 10.9. The average Bonchev–Trinajstić information content (AvgIpc) is 2.47. The van der Waals surface area contributed by atoms with Gasteiger partial charge in [0.15, 0.2) is 0 Å². The number of para-hydroxylation sites is 2. The Kier molecular flexibility index (Phi) is 3.77. The molecule has 2 aromatic rings. The van der Waals surface area contributed by atoms with Crippen LogP contribution < -0.4 is 9.64 Å². The van der Waals surface area contributed by atoms with Crippen molar-refractivity contribution in [3.05, 3.63) is 60.2 Å². The number of hydrogen-bond donors (Lipinski definition) is 1. The lowest BCUT2D eigenvalue weighted by atomic mass is 10.1. The molecule has 0 fully saturated rings. The molecule has 4 nitrogen and oxygen atoms in total. The Bertz CT molecular complexity index is 627. The first-order valence-electron chi connectivity index (χ1n) is 6.99. The molecule has 1 heterocycles. The summed E-state index contributed by atoms with van der Waals surface area (Å²) in [6, 6.07) is 17.9. The standard InChI is InChI=1S/C17H17NO3/c19-17(20)10-14-12-18(11-13-6-2-1-3-7-13)15-8-4-5-9-16(15)21-14/h1-9,14H,10-12H2,(H,19,20). The Hall–Kier alpha value is -2.49. The Morgan fingerprint density at radius 1 is 1.14 bits per heavy atom. The molecule has 0 spiro atoms. The summed E-state index contributed by atoms with van der Waals surface area (Å²) in [5, 5.41) is 8.99. The van der Waals surface area contributed by atoms with Crippen LogP contribution in [0.3, 0.4) is 0 Å². The van der Waals surface area contributed by atoms with E-state index in [1.54, 1.807) is 0 Å². The summed E-state index contributed by atoms with van der Waals surface area (Å²) in [7, 11) is 0. The molecular formula is C17H17NO3. The molecule has 3 rings (SSSR count). The van der Waals surface area contributed by atoms with Crippen LogP contribution in [0.2, 0.25) is 0 Å². The van der Waals surface area contributed by atoms with Crippen molar-refractivity contribution in [3.8, 4) is 5.75 Å². The Morgan fingerprint density at radius 3 is 2.62 bits per heavy atom. The van der Waals surface area contributed by atoms with Gasteiger partial charge < -0.3 is 14.7 Å². The van der Waals surface area contributed by atoms with Gasteiger partial charge in [-0.1, -0.05) is 42.5 Å². The van der Waals surface area contributed by atoms with Crippen molar-refractivity contribution >= 4 is 11.7 Å². The monoisotopic (exact) mass is 283 g/mol. The molecule has 21 heavy (non-hydrogen) atoms. The van der Waals surface area contributed by atoms with Gasteiger partial charge in [0.1, 0.15) is 11.9 Å². The fourth-order valence-corrected chi connectivity index (χ4v) is 2.63. The van der Waals surface area contributed by atoms with Gasteiger partial charge in [-0.05, 0) is 17.7 Å². The van der Waals surface area contributed by atoms with Crippen molar-refractivity contribution in [2.45, 2.75) is 19.1 Å². The summed E-state index contributed by atoms with van der Waals surface area (Å²) in [5.74, 6) is -0.0787. The number of hydrogen-bond acceptors (Lipinski definition) is 3. The summed E-state index contributed by atoms with van der Waals surface area (Å²) < 4.78 is 5.79. The fraction of sp³-hybridized carbons (Fsp3) is 0.235. The molecule has 0 radical (unpaired) electrons. The molecule has 0 aliphatic carbocycles. The van der Waals surface area contributed by atoms with Gasteiger partial charge in [0.25, 0.3) is 0 Å². The molecule has 0 saturated heterocycles. The van der Waals surface area contributed by atoms with Crippen LogP contribution in [-0.2, 0) is 11.3 Å². The van der Waals surface area contributed by atoms with Crippen molar-refractivity contribution < 1.29 is 14.6 Å². The van der Waals surface area contributed by atoms with E-state index in [-0.39, 0.29) is 12.5 Å². The molecule has 0 amide bonds. The van der Waals surface area contributed by atoms with Crippen LogP contribution >= 0.6 is 0 Å². The van der Waals surface area contributed by atoms with Gasteiger partial charge in [-0.3, -0.25) is 4.79 Å². The zero-order valence-corrected chi connectivity index (χ0v) is 11.6. The summed E-state index contributed by atoms with van der Waals surface area (Å²) >= 11 is 0. The van der Waals surface area contributed by atoms with E-state index in [2.05, 4.69) is 17.0 Å². The van der Waals surface area contributed by atoms with Crippen LogP contribution in [0.25, 0.3) is 0 Å². The van der Waals surface area contributed by atoms with E-state index in [1.165, 1.54) is 5.56 Å². The van der Waals surface area contributed by atoms with E-state index in [4.69, 9.17) is 9.84 Å². The first-order chi connectivity index (χ1) is 10.2. The Balaban J connectivity index is 1.85. The number of aliphatic carboxylic acids is 1. The van der Waals surface area contributed by atoms with E-state index in [0.29, 0.717) is 6.54 Å². The van der Waals surface area contributed by atoms with Crippen LogP contribution in [0.15, 0.2) is 54.6 Å². The second kappa shape index (κ2) is 5.87. The summed E-state index contributed by atoms with van der Waals surface area (Å²) in [6.07, 6.45) is -0.305. The van der Waals surface area contributed by atoms with Crippen LogP contribution in [-0.4, -0.2) is 23.7 Å². The molecule has 1 aliphatic heterocycles. The number of carboxylic acids is 1. The van der Waals surface area contributed by atoms with E-state index >= 15 is 0 Å². The maximum absolute atomic E-state index is 10.9. The number of rotatable bonds is 4. The van der Waals surface area contributed by atoms with Crippen molar-refractivity contribution in [2.75, 3.05) is 11.4 Å². The predicted molar refractivity (Wildman–Crippen MR) is 80.6 cm³/mol. The zero-order chi connectivity index (χ0) is 14.7. The van der Waals surface area contributed by atoms with Crippen molar-refractivity contribution in [3.63, 3.8) is 0 Å². The second-order valence-electron chi connectivity index (χ2n) is 5.17. The van der Waals surface area contributed by atoms with E-state index in [1.807, 2.05) is 42.5 Å². The van der Waals surface area contributed by atoms with Gasteiger partial charge in [-0.15, -0.1) is 0 Å². The van der Waals surface area contributed by atoms with E-state index in [0.717, 1.165) is 18.0 Å². The molecule has 108 valence electrons. The third-order valence-corrected chi connectivity index (χ3v) is 3.54. The Morgan fingerprint density at radius 2 is 1.86 bits per heavy atom. The lowest BCUT2D eigenvalue weighted by molar-refractivity contribution is -0.138. The average molecular weight is 283 g/mol. The second-order valence-corrected chi connectivity index (χ2v) is 5.17. The molecule has 1 atom stereocenters. The van der Waals surface area contributed by atoms with Gasteiger partial charge in [0.05, 0.1) is 18.7 Å². The van der Waals surface area contributed by atoms with Crippen LogP contribution in [0, 0.1) is 0 Å². The Labute approximate surface area is 123 Å². The summed E-state index contributed by atoms with van der Waals surface area (Å²) in [5.41, 5.74) is 2.21. The van der Waals surface area contributed by atoms with E-state index in [9.17, 15) is 4.79 Å². The molecule has 0 aromatic heterocycles. The highest BCUT2D eigenvalue weighted by Gasteiger charge is 2.27. The van der Waals surface area contributed by atoms with E-state index < -0.39 is 5.97 Å². The van der Waals surface area contributed by atoms with Gasteiger partial charge >= 0.3 is 5.97 Å². The third kappa shape index (κ3) is 3.16. The first-order valence-corrected chi connectivity index (χ1v) is 6.99. The zero-order valence-electron chi connectivity index (χ0n) is 11.6. The smallest absolute Gasteiger partial charge is 0.307 e. The number of carboxylic acid groups (broad SMARTS) is 1. The summed E-state index contributed by atoms with van der Waals surface area (Å²) in [6.45, 7) is 1.33. The largest absolute Gasteiger partial charge is 0.486 e. The van der Waals surface area contributed by atoms with Gasteiger partial charge in [-0.25, -0.2) is 0 Å². The minimum atomic E-state index is -0.834. The van der Waals surface area contributed by atoms with Crippen LogP contribution in [0.5, 0.6) is 5.75 Å². The minimum Gasteiger partial charge on any atom is -0.486 e. The van der Waals surface area contributed by atoms with Crippen LogP contribution in [0.1, 0.15) is 12.0 Å². The highest BCUT2D eigenvalue weighted by atomic mass is 16.5. The minimum absolute atomic E-state index is 0.0135. The SMILES string of the molecule is O=C(O)CC1CN(Cc2ccccc2)c2ccccc2O1. The quantitative estimate of drug-likeness (QED) is 0.937. The highest BCUT2D eigenvalue weighted by Crippen LogP contribution is 2.34. The normalized spacial score (nSPS) is 17.0. The molecule has 0 saturated carbocycles. The fourth-order valence-electron chi connectivity index (χ4n) is 2.63.